The number of benzene rings is 2. The monoisotopic (exact) mass is 338 g/mol. The number of hydrogen-bond acceptors (Lipinski definition) is 3. The third-order valence-corrected chi connectivity index (χ3v) is 4.14. The Morgan fingerprint density at radius 2 is 1.72 bits per heavy atom. The minimum atomic E-state index is -0.510. The van der Waals surface area contributed by atoms with Gasteiger partial charge in [-0.15, -0.1) is 10.2 Å². The van der Waals surface area contributed by atoms with E-state index in [-0.39, 0.29) is 11.7 Å². The second-order valence-corrected chi connectivity index (χ2v) is 6.46. The smallest absolute Gasteiger partial charge is 0.251 e. The van der Waals surface area contributed by atoms with E-state index in [9.17, 15) is 9.18 Å². The molecule has 0 radical (unpaired) electrons. The second kappa shape index (κ2) is 6.84. The van der Waals surface area contributed by atoms with Crippen LogP contribution in [0.4, 0.5) is 4.39 Å². The van der Waals surface area contributed by atoms with Crippen molar-refractivity contribution in [2.75, 3.05) is 6.54 Å². The summed E-state index contributed by atoms with van der Waals surface area (Å²) in [6.07, 6.45) is 3.18. The van der Waals surface area contributed by atoms with Crippen molar-refractivity contribution in [3.8, 4) is 5.69 Å². The third kappa shape index (κ3) is 3.74. The van der Waals surface area contributed by atoms with Crippen LogP contribution in [0.1, 0.15) is 29.8 Å². The second-order valence-electron chi connectivity index (χ2n) is 6.46. The van der Waals surface area contributed by atoms with Crippen molar-refractivity contribution in [1.82, 2.24) is 20.1 Å². The molecule has 0 atom stereocenters. The molecule has 0 unspecified atom stereocenters. The first-order valence-corrected chi connectivity index (χ1v) is 7.96. The van der Waals surface area contributed by atoms with Crippen molar-refractivity contribution in [2.24, 2.45) is 0 Å². The predicted octanol–water partition coefficient (Wildman–Crippen LogP) is 3.11. The van der Waals surface area contributed by atoms with Crippen LogP contribution >= 0.6 is 0 Å². The van der Waals surface area contributed by atoms with E-state index in [4.69, 9.17) is 0 Å². The Morgan fingerprint density at radius 1 is 1.08 bits per heavy atom. The van der Waals surface area contributed by atoms with Crippen LogP contribution in [0.25, 0.3) is 5.69 Å². The van der Waals surface area contributed by atoms with E-state index in [0.717, 1.165) is 5.69 Å². The van der Waals surface area contributed by atoms with Crippen LogP contribution in [0, 0.1) is 5.82 Å². The van der Waals surface area contributed by atoms with Crippen molar-refractivity contribution in [3.63, 3.8) is 0 Å². The highest BCUT2D eigenvalue weighted by Gasteiger charge is 2.24. The number of nitrogens with zero attached hydrogens (tertiary/aromatic N) is 3. The Kier molecular flexibility index (Phi) is 4.61. The minimum absolute atomic E-state index is 0.195. The lowest BCUT2D eigenvalue weighted by Gasteiger charge is -2.26. The number of halogens is 1. The molecular weight excluding hydrogens is 319 g/mol. The molecule has 0 spiro atoms. The number of nitrogens with one attached hydrogen (secondary N) is 1. The van der Waals surface area contributed by atoms with Crippen molar-refractivity contribution in [1.29, 1.82) is 0 Å². The van der Waals surface area contributed by atoms with Gasteiger partial charge < -0.3 is 5.32 Å². The highest BCUT2D eigenvalue weighted by Crippen LogP contribution is 2.25. The molecule has 3 rings (SSSR count). The van der Waals surface area contributed by atoms with Crippen molar-refractivity contribution in [3.05, 3.63) is 78.1 Å². The largest absolute Gasteiger partial charge is 0.351 e. The Bertz CT molecular complexity index is 857. The van der Waals surface area contributed by atoms with Gasteiger partial charge in [-0.05, 0) is 35.9 Å². The fraction of sp³-hybridized carbons (Fsp3) is 0.211. The summed E-state index contributed by atoms with van der Waals surface area (Å²) >= 11 is 0. The number of carbonyl (C=O) groups is 1. The average molecular weight is 338 g/mol. The summed E-state index contributed by atoms with van der Waals surface area (Å²) in [5, 5.41) is 10.4. The minimum Gasteiger partial charge on any atom is -0.351 e. The molecule has 5 nitrogen and oxygen atoms in total. The van der Waals surface area contributed by atoms with Crippen LogP contribution in [0.3, 0.4) is 0 Å². The Hall–Kier alpha value is -3.02. The molecule has 3 aromatic rings. The SMILES string of the molecule is CC(C)(CNC(=O)c1ccc(-n2cnnc2)cc1)c1ccccc1F. The molecule has 1 amide bonds. The van der Waals surface area contributed by atoms with Gasteiger partial charge in [0.15, 0.2) is 0 Å². The van der Waals surface area contributed by atoms with Gasteiger partial charge >= 0.3 is 0 Å². The average Bonchev–Trinajstić information content (AvgIpc) is 3.15. The zero-order valence-electron chi connectivity index (χ0n) is 14.1. The van der Waals surface area contributed by atoms with Crippen LogP contribution in [0.2, 0.25) is 0 Å². The molecule has 25 heavy (non-hydrogen) atoms. The summed E-state index contributed by atoms with van der Waals surface area (Å²) in [4.78, 5) is 12.4. The molecular formula is C19H19FN4O. The summed E-state index contributed by atoms with van der Waals surface area (Å²) < 4.78 is 15.7. The standard InChI is InChI=1S/C19H19FN4O/c1-19(2,16-5-3-4-6-17(16)20)11-21-18(25)14-7-9-15(10-8-14)24-12-22-23-13-24/h3-10,12-13H,11H2,1-2H3,(H,21,25). The fourth-order valence-electron chi connectivity index (χ4n) is 2.63. The molecule has 0 saturated carbocycles. The molecule has 0 saturated heterocycles. The normalized spacial score (nSPS) is 11.3. The van der Waals surface area contributed by atoms with Gasteiger partial charge in [0.05, 0.1) is 0 Å². The maximum Gasteiger partial charge on any atom is 0.251 e. The molecule has 0 aliphatic heterocycles. The maximum atomic E-state index is 14.0. The molecule has 0 aliphatic carbocycles. The first-order chi connectivity index (χ1) is 12.0. The van der Waals surface area contributed by atoms with E-state index in [1.54, 1.807) is 47.6 Å². The highest BCUT2D eigenvalue weighted by molar-refractivity contribution is 5.94. The van der Waals surface area contributed by atoms with Crippen LogP contribution < -0.4 is 5.32 Å². The molecule has 1 aromatic heterocycles. The van der Waals surface area contributed by atoms with Crippen molar-refractivity contribution < 1.29 is 9.18 Å². The van der Waals surface area contributed by atoms with Gasteiger partial charge in [-0.25, -0.2) is 4.39 Å². The van der Waals surface area contributed by atoms with Gasteiger partial charge in [-0.3, -0.25) is 9.36 Å². The topological polar surface area (TPSA) is 59.8 Å². The quantitative estimate of drug-likeness (QED) is 0.777. The highest BCUT2D eigenvalue weighted by atomic mass is 19.1. The lowest BCUT2D eigenvalue weighted by Crippen LogP contribution is -2.37. The van der Waals surface area contributed by atoms with E-state index >= 15 is 0 Å². The number of carbonyl (C=O) groups excluding carboxylic acids is 1. The van der Waals surface area contributed by atoms with Crippen LogP contribution in [-0.4, -0.2) is 27.2 Å². The van der Waals surface area contributed by atoms with Gasteiger partial charge in [-0.1, -0.05) is 32.0 Å². The summed E-state index contributed by atoms with van der Waals surface area (Å²) in [6, 6.07) is 13.7. The van der Waals surface area contributed by atoms with Crippen molar-refractivity contribution in [2.45, 2.75) is 19.3 Å². The fourth-order valence-corrected chi connectivity index (χ4v) is 2.63. The Balaban J connectivity index is 1.67. The van der Waals surface area contributed by atoms with Gasteiger partial charge in [0.1, 0.15) is 18.5 Å². The molecule has 0 fully saturated rings. The summed E-state index contributed by atoms with van der Waals surface area (Å²) in [5.41, 5.74) is 1.48. The lowest BCUT2D eigenvalue weighted by atomic mass is 9.84. The molecule has 0 aliphatic rings. The van der Waals surface area contributed by atoms with Crippen LogP contribution in [-0.2, 0) is 5.41 Å². The van der Waals surface area contributed by atoms with E-state index in [2.05, 4.69) is 15.5 Å². The Morgan fingerprint density at radius 3 is 2.36 bits per heavy atom. The number of hydrogen-bond donors (Lipinski definition) is 1. The predicted molar refractivity (Wildman–Crippen MR) is 93.1 cm³/mol. The molecule has 1 N–H and O–H groups in total. The Labute approximate surface area is 145 Å². The zero-order chi connectivity index (χ0) is 17.9. The maximum absolute atomic E-state index is 14.0. The first-order valence-electron chi connectivity index (χ1n) is 7.96. The van der Waals surface area contributed by atoms with E-state index in [1.807, 2.05) is 26.0 Å². The summed E-state index contributed by atoms with van der Waals surface area (Å²) in [6.45, 7) is 4.14. The number of aromatic nitrogens is 3. The summed E-state index contributed by atoms with van der Waals surface area (Å²) in [7, 11) is 0. The van der Waals surface area contributed by atoms with E-state index in [0.29, 0.717) is 17.7 Å². The summed E-state index contributed by atoms with van der Waals surface area (Å²) in [5.74, 6) is -0.459. The van der Waals surface area contributed by atoms with Gasteiger partial charge in [0.2, 0.25) is 0 Å². The molecule has 128 valence electrons. The molecule has 1 heterocycles. The number of amides is 1. The molecule has 6 heteroatoms. The van der Waals surface area contributed by atoms with Gasteiger partial charge in [0.25, 0.3) is 5.91 Å². The number of rotatable bonds is 5. The van der Waals surface area contributed by atoms with Gasteiger partial charge in [0, 0.05) is 23.2 Å². The first kappa shape index (κ1) is 16.8. The molecule has 2 aromatic carbocycles. The zero-order valence-corrected chi connectivity index (χ0v) is 14.1. The third-order valence-electron chi connectivity index (χ3n) is 4.14. The van der Waals surface area contributed by atoms with E-state index in [1.165, 1.54) is 6.07 Å². The van der Waals surface area contributed by atoms with Crippen LogP contribution in [0.5, 0.6) is 0 Å². The van der Waals surface area contributed by atoms with E-state index < -0.39 is 5.41 Å². The van der Waals surface area contributed by atoms with Crippen molar-refractivity contribution >= 4 is 5.91 Å². The van der Waals surface area contributed by atoms with Crippen LogP contribution in [0.15, 0.2) is 61.2 Å². The van der Waals surface area contributed by atoms with Gasteiger partial charge in [-0.2, -0.15) is 0 Å². The lowest BCUT2D eigenvalue weighted by molar-refractivity contribution is 0.0945. The molecule has 0 bridgehead atoms.